The lowest BCUT2D eigenvalue weighted by molar-refractivity contribution is -0.120. The first kappa shape index (κ1) is 20.3. The minimum absolute atomic E-state index is 0.0638. The Kier molecular flexibility index (Phi) is 5.86. The van der Waals surface area contributed by atoms with Gasteiger partial charge < -0.3 is 5.32 Å². The van der Waals surface area contributed by atoms with Gasteiger partial charge in [0.05, 0.1) is 11.7 Å². The molecule has 1 amide bonds. The first-order valence-electron chi connectivity index (χ1n) is 9.15. The van der Waals surface area contributed by atoms with Crippen molar-refractivity contribution in [3.8, 4) is 0 Å². The zero-order valence-electron chi connectivity index (χ0n) is 15.7. The third-order valence-corrected chi connectivity index (χ3v) is 8.23. The molecule has 10 heteroatoms. The molecule has 1 aromatic heterocycles. The molecule has 2 heterocycles. The van der Waals surface area contributed by atoms with Crippen LogP contribution in [-0.2, 0) is 14.8 Å². The molecule has 0 bridgehead atoms. The minimum Gasteiger partial charge on any atom is -0.326 e. The quantitative estimate of drug-likeness (QED) is 0.601. The summed E-state index contributed by atoms with van der Waals surface area (Å²) in [6.45, 7) is 0.610. The summed E-state index contributed by atoms with van der Waals surface area (Å²) in [6, 6.07) is 12.7. The molecule has 29 heavy (non-hydrogen) atoms. The molecule has 4 rings (SSSR count). The molecule has 0 spiro atoms. The SMILES string of the molecule is CSc1cccc(NC(=O)C2CCN(S(=O)(=O)c3cccc4nsnc34)CC2)c1. The van der Waals surface area contributed by atoms with Crippen LogP contribution in [0.4, 0.5) is 5.69 Å². The molecular weight excluding hydrogens is 428 g/mol. The number of rotatable bonds is 5. The Morgan fingerprint density at radius 3 is 2.69 bits per heavy atom. The Morgan fingerprint density at radius 1 is 1.17 bits per heavy atom. The van der Waals surface area contributed by atoms with E-state index in [-0.39, 0.29) is 16.7 Å². The molecule has 1 aliphatic heterocycles. The summed E-state index contributed by atoms with van der Waals surface area (Å²) in [7, 11) is -3.67. The maximum Gasteiger partial charge on any atom is 0.245 e. The van der Waals surface area contributed by atoms with Crippen LogP contribution >= 0.6 is 23.5 Å². The summed E-state index contributed by atoms with van der Waals surface area (Å²) in [5.74, 6) is -0.276. The van der Waals surface area contributed by atoms with Crippen molar-refractivity contribution < 1.29 is 13.2 Å². The molecule has 0 aliphatic carbocycles. The molecule has 152 valence electrons. The van der Waals surface area contributed by atoms with Gasteiger partial charge in [-0.2, -0.15) is 13.1 Å². The highest BCUT2D eigenvalue weighted by Gasteiger charge is 2.33. The van der Waals surface area contributed by atoms with E-state index in [1.807, 2.05) is 30.5 Å². The highest BCUT2D eigenvalue weighted by Crippen LogP contribution is 2.29. The second-order valence-corrected chi connectivity index (χ2v) is 10.1. The number of thioether (sulfide) groups is 1. The Hall–Kier alpha value is -2.01. The molecule has 3 aromatic rings. The molecule has 1 N–H and O–H groups in total. The van der Waals surface area contributed by atoms with E-state index < -0.39 is 10.0 Å². The molecule has 1 fully saturated rings. The topological polar surface area (TPSA) is 92.3 Å². The summed E-state index contributed by atoms with van der Waals surface area (Å²) in [5.41, 5.74) is 1.75. The Morgan fingerprint density at radius 2 is 1.93 bits per heavy atom. The van der Waals surface area contributed by atoms with Crippen LogP contribution in [-0.4, -0.2) is 46.7 Å². The Balaban J connectivity index is 1.43. The lowest BCUT2D eigenvalue weighted by atomic mass is 9.97. The fraction of sp³-hybridized carbons (Fsp3) is 0.316. The number of benzene rings is 2. The summed E-state index contributed by atoms with van der Waals surface area (Å²) in [4.78, 5) is 13.9. The number of anilines is 1. The molecule has 7 nitrogen and oxygen atoms in total. The van der Waals surface area contributed by atoms with Crippen LogP contribution in [0.3, 0.4) is 0 Å². The number of nitrogens with one attached hydrogen (secondary N) is 1. The number of hydrogen-bond acceptors (Lipinski definition) is 7. The van der Waals surface area contributed by atoms with E-state index >= 15 is 0 Å². The zero-order chi connectivity index (χ0) is 20.4. The van der Waals surface area contributed by atoms with E-state index in [9.17, 15) is 13.2 Å². The molecule has 1 saturated heterocycles. The van der Waals surface area contributed by atoms with Crippen molar-refractivity contribution in [3.05, 3.63) is 42.5 Å². The Bertz CT molecular complexity index is 1140. The van der Waals surface area contributed by atoms with Gasteiger partial charge in [-0.3, -0.25) is 4.79 Å². The lowest BCUT2D eigenvalue weighted by Gasteiger charge is -2.30. The van der Waals surface area contributed by atoms with Crippen molar-refractivity contribution in [2.75, 3.05) is 24.7 Å². The van der Waals surface area contributed by atoms with Crippen molar-refractivity contribution in [3.63, 3.8) is 0 Å². The minimum atomic E-state index is -3.67. The second-order valence-electron chi connectivity index (χ2n) is 6.79. The van der Waals surface area contributed by atoms with Gasteiger partial charge in [-0.05, 0) is 49.4 Å². The number of carbonyl (C=O) groups excluding carboxylic acids is 1. The smallest absolute Gasteiger partial charge is 0.245 e. The van der Waals surface area contributed by atoms with Crippen molar-refractivity contribution in [2.45, 2.75) is 22.6 Å². The van der Waals surface area contributed by atoms with Crippen LogP contribution in [0, 0.1) is 5.92 Å². The predicted molar refractivity (Wildman–Crippen MR) is 116 cm³/mol. The summed E-state index contributed by atoms with van der Waals surface area (Å²) in [6.07, 6.45) is 2.95. The molecule has 0 unspecified atom stereocenters. The normalized spacial score (nSPS) is 16.2. The van der Waals surface area contributed by atoms with Gasteiger partial charge in [0.1, 0.15) is 15.9 Å². The van der Waals surface area contributed by atoms with Gasteiger partial charge >= 0.3 is 0 Å². The van der Waals surface area contributed by atoms with Gasteiger partial charge in [0, 0.05) is 29.6 Å². The van der Waals surface area contributed by atoms with Crippen molar-refractivity contribution in [1.82, 2.24) is 13.1 Å². The van der Waals surface area contributed by atoms with E-state index in [0.717, 1.165) is 22.3 Å². The number of sulfonamides is 1. The van der Waals surface area contributed by atoms with Crippen LogP contribution in [0.15, 0.2) is 52.3 Å². The zero-order valence-corrected chi connectivity index (χ0v) is 18.2. The second kappa shape index (κ2) is 8.39. The number of aromatic nitrogens is 2. The molecule has 0 radical (unpaired) electrons. The standard InChI is InChI=1S/C19H20N4O3S3/c1-27-15-5-2-4-14(12-15)20-19(24)13-8-10-23(11-9-13)29(25,26)17-7-3-6-16-18(17)22-28-21-16/h2-7,12-13H,8-11H2,1H3,(H,20,24). The Labute approximate surface area is 177 Å². The highest BCUT2D eigenvalue weighted by atomic mass is 32.2. The van der Waals surface area contributed by atoms with E-state index in [1.165, 1.54) is 4.31 Å². The fourth-order valence-corrected chi connectivity index (χ4v) is 6.11. The molecule has 0 atom stereocenters. The number of fused-ring (bicyclic) bond motifs is 1. The fourth-order valence-electron chi connectivity index (χ4n) is 3.43. The van der Waals surface area contributed by atoms with Gasteiger partial charge in [0.25, 0.3) is 0 Å². The average Bonchev–Trinajstić information content (AvgIpc) is 3.22. The first-order valence-corrected chi connectivity index (χ1v) is 12.5. The van der Waals surface area contributed by atoms with Gasteiger partial charge in [-0.25, -0.2) is 8.42 Å². The van der Waals surface area contributed by atoms with Crippen molar-refractivity contribution >= 4 is 56.1 Å². The molecule has 1 aliphatic rings. The number of amides is 1. The van der Waals surface area contributed by atoms with Crippen LogP contribution in [0.5, 0.6) is 0 Å². The predicted octanol–water partition coefficient (Wildman–Crippen LogP) is 3.45. The number of nitrogens with zero attached hydrogens (tertiary/aromatic N) is 3. The maximum atomic E-state index is 13.1. The van der Waals surface area contributed by atoms with Crippen LogP contribution in [0.1, 0.15) is 12.8 Å². The maximum absolute atomic E-state index is 13.1. The third-order valence-electron chi connectivity index (χ3n) is 5.03. The number of hydrogen-bond donors (Lipinski definition) is 1. The average molecular weight is 449 g/mol. The summed E-state index contributed by atoms with van der Waals surface area (Å²) in [5, 5.41) is 2.96. The monoisotopic (exact) mass is 448 g/mol. The van der Waals surface area contributed by atoms with Gasteiger partial charge in [-0.15, -0.1) is 11.8 Å². The van der Waals surface area contributed by atoms with Crippen molar-refractivity contribution in [2.24, 2.45) is 5.92 Å². The van der Waals surface area contributed by atoms with E-state index in [0.29, 0.717) is 37.0 Å². The van der Waals surface area contributed by atoms with E-state index in [2.05, 4.69) is 14.1 Å². The van der Waals surface area contributed by atoms with E-state index in [1.54, 1.807) is 30.0 Å². The van der Waals surface area contributed by atoms with Crippen molar-refractivity contribution in [1.29, 1.82) is 0 Å². The van der Waals surface area contributed by atoms with Gasteiger partial charge in [0.15, 0.2) is 0 Å². The third kappa shape index (κ3) is 4.16. The lowest BCUT2D eigenvalue weighted by Crippen LogP contribution is -2.41. The summed E-state index contributed by atoms with van der Waals surface area (Å²) >= 11 is 2.61. The van der Waals surface area contributed by atoms with Gasteiger partial charge in [-0.1, -0.05) is 12.1 Å². The van der Waals surface area contributed by atoms with Crippen LogP contribution in [0.25, 0.3) is 11.0 Å². The van der Waals surface area contributed by atoms with Crippen LogP contribution < -0.4 is 5.32 Å². The van der Waals surface area contributed by atoms with Gasteiger partial charge in [0.2, 0.25) is 15.9 Å². The van der Waals surface area contributed by atoms with E-state index in [4.69, 9.17) is 0 Å². The number of carbonyl (C=O) groups is 1. The largest absolute Gasteiger partial charge is 0.326 e. The molecule has 2 aromatic carbocycles. The number of piperidine rings is 1. The van der Waals surface area contributed by atoms with Crippen LogP contribution in [0.2, 0.25) is 0 Å². The summed E-state index contributed by atoms with van der Waals surface area (Å²) < 4.78 is 35.9. The molecular formula is C19H20N4O3S3. The first-order chi connectivity index (χ1) is 14.0. The highest BCUT2D eigenvalue weighted by molar-refractivity contribution is 7.98. The molecule has 0 saturated carbocycles.